The van der Waals surface area contributed by atoms with E-state index in [9.17, 15) is 9.90 Å². The fraction of sp³-hybridized carbons (Fsp3) is 0.533. The normalized spacial score (nSPS) is 17.1. The van der Waals surface area contributed by atoms with Crippen LogP contribution in [0.4, 0.5) is 4.79 Å². The molecule has 0 saturated heterocycles. The molecule has 4 heteroatoms. The van der Waals surface area contributed by atoms with Crippen molar-refractivity contribution in [2.24, 2.45) is 0 Å². The van der Waals surface area contributed by atoms with Crippen LogP contribution in [0, 0.1) is 0 Å². The van der Waals surface area contributed by atoms with E-state index in [0.717, 1.165) is 18.4 Å². The monoisotopic (exact) mass is 262 g/mol. The smallest absolute Gasteiger partial charge is 0.315 e. The van der Waals surface area contributed by atoms with Crippen molar-refractivity contribution in [2.75, 3.05) is 6.54 Å². The Morgan fingerprint density at radius 2 is 1.95 bits per heavy atom. The van der Waals surface area contributed by atoms with Crippen LogP contribution in [-0.4, -0.2) is 23.7 Å². The van der Waals surface area contributed by atoms with Gasteiger partial charge in [0.05, 0.1) is 6.10 Å². The number of rotatable bonds is 5. The number of carbonyl (C=O) groups excluding carboxylic acids is 1. The van der Waals surface area contributed by atoms with Crippen molar-refractivity contribution in [1.82, 2.24) is 10.6 Å². The number of hydrogen-bond donors (Lipinski definition) is 3. The lowest BCUT2D eigenvalue weighted by molar-refractivity contribution is 0.166. The average molecular weight is 262 g/mol. The van der Waals surface area contributed by atoms with Gasteiger partial charge in [0.1, 0.15) is 0 Å². The lowest BCUT2D eigenvalue weighted by Gasteiger charge is -2.14. The molecule has 0 aromatic heterocycles. The third kappa shape index (κ3) is 4.56. The first kappa shape index (κ1) is 13.9. The summed E-state index contributed by atoms with van der Waals surface area (Å²) in [5, 5.41) is 15.7. The predicted molar refractivity (Wildman–Crippen MR) is 74.8 cm³/mol. The molecule has 0 heterocycles. The lowest BCUT2D eigenvalue weighted by atomic mass is 10.1. The van der Waals surface area contributed by atoms with E-state index < -0.39 is 6.10 Å². The van der Waals surface area contributed by atoms with E-state index in [-0.39, 0.29) is 6.03 Å². The minimum Gasteiger partial charge on any atom is -0.388 e. The van der Waals surface area contributed by atoms with E-state index in [0.29, 0.717) is 19.0 Å². The number of carbonyl (C=O) groups is 1. The summed E-state index contributed by atoms with van der Waals surface area (Å²) in [4.78, 5) is 11.6. The maximum atomic E-state index is 11.6. The van der Waals surface area contributed by atoms with Crippen molar-refractivity contribution in [1.29, 1.82) is 0 Å². The molecule has 4 nitrogen and oxygen atoms in total. The largest absolute Gasteiger partial charge is 0.388 e. The van der Waals surface area contributed by atoms with Gasteiger partial charge in [-0.2, -0.15) is 0 Å². The third-order valence-corrected chi connectivity index (χ3v) is 3.58. The van der Waals surface area contributed by atoms with E-state index in [4.69, 9.17) is 0 Å². The molecule has 0 aliphatic heterocycles. The Hall–Kier alpha value is -1.55. The Balaban J connectivity index is 1.64. The molecule has 0 spiro atoms. The Morgan fingerprint density at radius 3 is 2.63 bits per heavy atom. The Morgan fingerprint density at radius 1 is 1.26 bits per heavy atom. The van der Waals surface area contributed by atoms with Crippen LogP contribution in [0.1, 0.15) is 43.8 Å². The van der Waals surface area contributed by atoms with Gasteiger partial charge in [-0.05, 0) is 24.8 Å². The van der Waals surface area contributed by atoms with E-state index in [1.807, 2.05) is 30.3 Å². The molecule has 1 aromatic rings. The molecule has 0 radical (unpaired) electrons. The fourth-order valence-corrected chi connectivity index (χ4v) is 2.47. The first-order chi connectivity index (χ1) is 9.25. The molecular formula is C15H22N2O2. The van der Waals surface area contributed by atoms with Crippen LogP contribution in [0.2, 0.25) is 0 Å². The van der Waals surface area contributed by atoms with Gasteiger partial charge >= 0.3 is 6.03 Å². The second-order valence-electron chi connectivity index (χ2n) is 5.10. The third-order valence-electron chi connectivity index (χ3n) is 3.58. The minimum absolute atomic E-state index is 0.118. The molecule has 1 unspecified atom stereocenters. The molecule has 3 N–H and O–H groups in total. The zero-order chi connectivity index (χ0) is 13.5. The van der Waals surface area contributed by atoms with Crippen LogP contribution in [0.25, 0.3) is 0 Å². The first-order valence-electron chi connectivity index (χ1n) is 7.03. The molecule has 1 atom stereocenters. The summed E-state index contributed by atoms with van der Waals surface area (Å²) in [6, 6.07) is 9.72. The van der Waals surface area contributed by atoms with Gasteiger partial charge in [0.15, 0.2) is 0 Å². The van der Waals surface area contributed by atoms with Crippen molar-refractivity contribution < 1.29 is 9.90 Å². The Bertz CT molecular complexity index is 388. The van der Waals surface area contributed by atoms with Crippen LogP contribution in [0.15, 0.2) is 30.3 Å². The summed E-state index contributed by atoms with van der Waals surface area (Å²) in [6.07, 6.45) is 4.59. The highest BCUT2D eigenvalue weighted by Crippen LogP contribution is 2.17. The van der Waals surface area contributed by atoms with Crippen LogP contribution < -0.4 is 10.6 Å². The number of amides is 2. The standard InChI is InChI=1S/C15H22N2O2/c18-14(12-6-2-1-3-7-12)10-11-16-15(19)17-13-8-4-5-9-13/h1-3,6-7,13-14,18H,4-5,8-11H2,(H2,16,17,19). The number of urea groups is 1. The van der Waals surface area contributed by atoms with Gasteiger partial charge in [-0.15, -0.1) is 0 Å². The molecule has 19 heavy (non-hydrogen) atoms. The summed E-state index contributed by atoms with van der Waals surface area (Å²) < 4.78 is 0. The Labute approximate surface area is 114 Å². The van der Waals surface area contributed by atoms with Gasteiger partial charge in [-0.1, -0.05) is 43.2 Å². The summed E-state index contributed by atoms with van der Waals surface area (Å²) in [7, 11) is 0. The molecule has 2 rings (SSSR count). The van der Waals surface area contributed by atoms with Crippen molar-refractivity contribution in [3.8, 4) is 0 Å². The second kappa shape index (κ2) is 7.14. The zero-order valence-corrected chi connectivity index (χ0v) is 11.1. The van der Waals surface area contributed by atoms with Crippen LogP contribution in [-0.2, 0) is 0 Å². The number of benzene rings is 1. The summed E-state index contributed by atoms with van der Waals surface area (Å²) in [6.45, 7) is 0.481. The van der Waals surface area contributed by atoms with Gasteiger partial charge in [0, 0.05) is 12.6 Å². The number of aliphatic hydroxyl groups excluding tert-OH is 1. The minimum atomic E-state index is -0.520. The molecule has 2 amide bonds. The lowest BCUT2D eigenvalue weighted by Crippen LogP contribution is -2.41. The summed E-state index contributed by atoms with van der Waals surface area (Å²) in [5.41, 5.74) is 0.889. The van der Waals surface area contributed by atoms with E-state index in [1.165, 1.54) is 12.8 Å². The number of aliphatic hydroxyl groups is 1. The van der Waals surface area contributed by atoms with Crippen molar-refractivity contribution >= 4 is 6.03 Å². The highest BCUT2D eigenvalue weighted by molar-refractivity contribution is 5.74. The predicted octanol–water partition coefficient (Wildman–Crippen LogP) is 2.35. The van der Waals surface area contributed by atoms with Crippen molar-refractivity contribution in [3.05, 3.63) is 35.9 Å². The molecule has 1 aliphatic carbocycles. The zero-order valence-electron chi connectivity index (χ0n) is 11.1. The quantitative estimate of drug-likeness (QED) is 0.763. The van der Waals surface area contributed by atoms with Crippen LogP contribution >= 0.6 is 0 Å². The molecule has 0 bridgehead atoms. The summed E-state index contributed by atoms with van der Waals surface area (Å²) >= 11 is 0. The van der Waals surface area contributed by atoms with Crippen LogP contribution in [0.5, 0.6) is 0 Å². The van der Waals surface area contributed by atoms with Crippen LogP contribution in [0.3, 0.4) is 0 Å². The SMILES string of the molecule is O=C(NCCC(O)c1ccccc1)NC1CCCC1. The first-order valence-corrected chi connectivity index (χ1v) is 7.03. The maximum Gasteiger partial charge on any atom is 0.315 e. The van der Waals surface area contributed by atoms with Gasteiger partial charge in [-0.3, -0.25) is 0 Å². The number of nitrogens with one attached hydrogen (secondary N) is 2. The van der Waals surface area contributed by atoms with Gasteiger partial charge in [0.2, 0.25) is 0 Å². The molecule has 1 aromatic carbocycles. The Kier molecular flexibility index (Phi) is 5.21. The van der Waals surface area contributed by atoms with Crippen molar-refractivity contribution in [2.45, 2.75) is 44.2 Å². The molecular weight excluding hydrogens is 240 g/mol. The summed E-state index contributed by atoms with van der Waals surface area (Å²) in [5.74, 6) is 0. The van der Waals surface area contributed by atoms with Gasteiger partial charge < -0.3 is 15.7 Å². The molecule has 104 valence electrons. The van der Waals surface area contributed by atoms with E-state index in [2.05, 4.69) is 10.6 Å². The second-order valence-corrected chi connectivity index (χ2v) is 5.10. The fourth-order valence-electron chi connectivity index (χ4n) is 2.47. The highest BCUT2D eigenvalue weighted by atomic mass is 16.3. The van der Waals surface area contributed by atoms with Crippen molar-refractivity contribution in [3.63, 3.8) is 0 Å². The topological polar surface area (TPSA) is 61.4 Å². The molecule has 1 aliphatic rings. The van der Waals surface area contributed by atoms with E-state index >= 15 is 0 Å². The van der Waals surface area contributed by atoms with E-state index in [1.54, 1.807) is 0 Å². The maximum absolute atomic E-state index is 11.6. The highest BCUT2D eigenvalue weighted by Gasteiger charge is 2.16. The molecule has 1 saturated carbocycles. The number of hydrogen-bond acceptors (Lipinski definition) is 2. The molecule has 1 fully saturated rings. The average Bonchev–Trinajstić information content (AvgIpc) is 2.92. The van der Waals surface area contributed by atoms with Gasteiger partial charge in [0.25, 0.3) is 0 Å². The van der Waals surface area contributed by atoms with Gasteiger partial charge in [-0.25, -0.2) is 4.79 Å².